The molecule has 4 aromatic rings. The summed E-state index contributed by atoms with van der Waals surface area (Å²) < 4.78 is 0. The first kappa shape index (κ1) is 17.7. The quantitative estimate of drug-likeness (QED) is 0.399. The van der Waals surface area contributed by atoms with Gasteiger partial charge in [0, 0.05) is 28.4 Å². The first-order valence-electron chi connectivity index (χ1n) is 9.07. The van der Waals surface area contributed by atoms with Gasteiger partial charge in [-0.15, -0.1) is 5.11 Å². The molecule has 0 atom stereocenters. The third kappa shape index (κ3) is 3.55. The zero-order chi connectivity index (χ0) is 19.5. The molecule has 0 unspecified atom stereocenters. The van der Waals surface area contributed by atoms with Gasteiger partial charge < -0.3 is 10.3 Å². The number of carbonyl (C=O) groups excluding carboxylic acids is 1. The van der Waals surface area contributed by atoms with E-state index >= 15 is 0 Å². The van der Waals surface area contributed by atoms with Crippen LogP contribution in [0.5, 0.6) is 0 Å². The van der Waals surface area contributed by atoms with Gasteiger partial charge in [0.2, 0.25) is 0 Å². The number of aryl methyl sites for hydroxylation is 1. The summed E-state index contributed by atoms with van der Waals surface area (Å²) in [6, 6.07) is 20.9. The van der Waals surface area contributed by atoms with Crippen LogP contribution in [0.25, 0.3) is 10.9 Å². The summed E-state index contributed by atoms with van der Waals surface area (Å²) in [6.07, 6.45) is 1.83. The molecule has 1 amide bonds. The molecule has 1 aromatic heterocycles. The SMILES string of the molecule is Cc1cccc(NC(=O)c2ccc(N=Nc3c[nH]c4ccccc34)cc2)c1C. The van der Waals surface area contributed by atoms with Gasteiger partial charge in [-0.1, -0.05) is 30.3 Å². The lowest BCUT2D eigenvalue weighted by Crippen LogP contribution is -2.12. The first-order valence-corrected chi connectivity index (χ1v) is 9.07. The van der Waals surface area contributed by atoms with Crippen LogP contribution in [0.2, 0.25) is 0 Å². The van der Waals surface area contributed by atoms with Gasteiger partial charge in [0.05, 0.1) is 5.69 Å². The minimum Gasteiger partial charge on any atom is -0.359 e. The average molecular weight is 368 g/mol. The van der Waals surface area contributed by atoms with E-state index in [9.17, 15) is 4.79 Å². The summed E-state index contributed by atoms with van der Waals surface area (Å²) >= 11 is 0. The van der Waals surface area contributed by atoms with Crippen LogP contribution in [0, 0.1) is 13.8 Å². The maximum Gasteiger partial charge on any atom is 0.255 e. The Morgan fingerprint density at radius 2 is 1.68 bits per heavy atom. The fourth-order valence-corrected chi connectivity index (χ4v) is 3.01. The number of H-pyrrole nitrogens is 1. The van der Waals surface area contributed by atoms with Crippen molar-refractivity contribution >= 4 is 33.9 Å². The number of fused-ring (bicyclic) bond motifs is 1. The third-order valence-corrected chi connectivity index (χ3v) is 4.82. The van der Waals surface area contributed by atoms with Crippen LogP contribution in [0.1, 0.15) is 21.5 Å². The van der Waals surface area contributed by atoms with Crippen molar-refractivity contribution in [2.24, 2.45) is 10.2 Å². The van der Waals surface area contributed by atoms with E-state index in [2.05, 4.69) is 20.5 Å². The Balaban J connectivity index is 1.49. The molecule has 138 valence electrons. The molecule has 3 aromatic carbocycles. The minimum atomic E-state index is -0.145. The molecule has 28 heavy (non-hydrogen) atoms. The molecule has 0 spiro atoms. The van der Waals surface area contributed by atoms with Gasteiger partial charge in [-0.3, -0.25) is 4.79 Å². The number of nitrogens with one attached hydrogen (secondary N) is 2. The van der Waals surface area contributed by atoms with E-state index in [1.165, 1.54) is 0 Å². The number of carbonyl (C=O) groups is 1. The Kier molecular flexibility index (Phi) is 4.72. The number of azo groups is 1. The zero-order valence-electron chi connectivity index (χ0n) is 15.7. The molecule has 0 bridgehead atoms. The van der Waals surface area contributed by atoms with Crippen molar-refractivity contribution in [3.63, 3.8) is 0 Å². The molecule has 5 heteroatoms. The highest BCUT2D eigenvalue weighted by atomic mass is 16.1. The second kappa shape index (κ2) is 7.48. The molecule has 2 N–H and O–H groups in total. The molecular formula is C23H20N4O. The Bertz CT molecular complexity index is 1170. The lowest BCUT2D eigenvalue weighted by Gasteiger charge is -2.10. The second-order valence-electron chi connectivity index (χ2n) is 6.67. The number of aromatic amines is 1. The molecule has 0 saturated carbocycles. The van der Waals surface area contributed by atoms with E-state index in [1.807, 2.05) is 62.5 Å². The first-order chi connectivity index (χ1) is 13.6. The maximum atomic E-state index is 12.5. The molecular weight excluding hydrogens is 348 g/mol. The number of amides is 1. The lowest BCUT2D eigenvalue weighted by atomic mass is 10.1. The van der Waals surface area contributed by atoms with Gasteiger partial charge in [0.25, 0.3) is 5.91 Å². The summed E-state index contributed by atoms with van der Waals surface area (Å²) in [7, 11) is 0. The molecule has 4 rings (SSSR count). The van der Waals surface area contributed by atoms with Crippen LogP contribution in [-0.4, -0.2) is 10.9 Å². The number of hydrogen-bond acceptors (Lipinski definition) is 3. The number of anilines is 1. The fourth-order valence-electron chi connectivity index (χ4n) is 3.01. The summed E-state index contributed by atoms with van der Waals surface area (Å²) in [5.74, 6) is -0.145. The van der Waals surface area contributed by atoms with Crippen LogP contribution in [0.15, 0.2) is 83.2 Å². The van der Waals surface area contributed by atoms with Gasteiger partial charge >= 0.3 is 0 Å². The summed E-state index contributed by atoms with van der Waals surface area (Å²) in [4.78, 5) is 15.7. The van der Waals surface area contributed by atoms with Gasteiger partial charge in [0.15, 0.2) is 0 Å². The average Bonchev–Trinajstić information content (AvgIpc) is 3.13. The number of aromatic nitrogens is 1. The topological polar surface area (TPSA) is 69.6 Å². The van der Waals surface area contributed by atoms with E-state index in [0.717, 1.165) is 33.4 Å². The number of rotatable bonds is 4. The Labute approximate surface area is 163 Å². The Hall–Kier alpha value is -3.73. The van der Waals surface area contributed by atoms with Crippen LogP contribution < -0.4 is 5.32 Å². The fraction of sp³-hybridized carbons (Fsp3) is 0.0870. The Morgan fingerprint density at radius 1 is 0.893 bits per heavy atom. The minimum absolute atomic E-state index is 0.145. The normalized spacial score (nSPS) is 11.2. The summed E-state index contributed by atoms with van der Waals surface area (Å²) in [5.41, 5.74) is 6.11. The molecule has 5 nitrogen and oxygen atoms in total. The van der Waals surface area contributed by atoms with Crippen molar-refractivity contribution in [1.82, 2.24) is 4.98 Å². The van der Waals surface area contributed by atoms with Gasteiger partial charge in [-0.05, 0) is 61.4 Å². The van der Waals surface area contributed by atoms with Gasteiger partial charge in [-0.2, -0.15) is 5.11 Å². The molecule has 0 radical (unpaired) electrons. The predicted octanol–water partition coefficient (Wildman–Crippen LogP) is 6.45. The van der Waals surface area contributed by atoms with E-state index < -0.39 is 0 Å². The second-order valence-corrected chi connectivity index (χ2v) is 6.67. The highest BCUT2D eigenvalue weighted by Gasteiger charge is 2.08. The van der Waals surface area contributed by atoms with Crippen molar-refractivity contribution in [3.05, 3.63) is 89.6 Å². The standard InChI is InChI=1S/C23H20N4O/c1-15-6-5-9-20(16(15)2)25-23(28)17-10-12-18(13-11-17)26-27-22-14-24-21-8-4-3-7-19(21)22/h3-14,24H,1-2H3,(H,25,28). The van der Waals surface area contributed by atoms with Crippen molar-refractivity contribution < 1.29 is 4.79 Å². The predicted molar refractivity (Wildman–Crippen MR) is 113 cm³/mol. The van der Waals surface area contributed by atoms with E-state index in [-0.39, 0.29) is 5.91 Å². The highest BCUT2D eigenvalue weighted by molar-refractivity contribution is 6.04. The molecule has 0 fully saturated rings. The number of nitrogens with zero attached hydrogens (tertiary/aromatic N) is 2. The smallest absolute Gasteiger partial charge is 0.255 e. The van der Waals surface area contributed by atoms with Crippen molar-refractivity contribution in [1.29, 1.82) is 0 Å². The van der Waals surface area contributed by atoms with Crippen molar-refractivity contribution in [2.75, 3.05) is 5.32 Å². The van der Waals surface area contributed by atoms with Crippen LogP contribution in [0.4, 0.5) is 17.1 Å². The number of para-hydroxylation sites is 1. The number of benzene rings is 3. The monoisotopic (exact) mass is 368 g/mol. The summed E-state index contributed by atoms with van der Waals surface area (Å²) in [5, 5.41) is 12.6. The molecule has 0 saturated heterocycles. The van der Waals surface area contributed by atoms with E-state index in [0.29, 0.717) is 11.3 Å². The molecule has 0 aliphatic carbocycles. The highest BCUT2D eigenvalue weighted by Crippen LogP contribution is 2.27. The summed E-state index contributed by atoms with van der Waals surface area (Å²) in [6.45, 7) is 4.03. The lowest BCUT2D eigenvalue weighted by molar-refractivity contribution is 0.102. The van der Waals surface area contributed by atoms with E-state index in [4.69, 9.17) is 0 Å². The van der Waals surface area contributed by atoms with Crippen molar-refractivity contribution in [3.8, 4) is 0 Å². The largest absolute Gasteiger partial charge is 0.359 e. The van der Waals surface area contributed by atoms with Gasteiger partial charge in [0.1, 0.15) is 5.69 Å². The number of hydrogen-bond donors (Lipinski definition) is 2. The van der Waals surface area contributed by atoms with Crippen LogP contribution in [0.3, 0.4) is 0 Å². The van der Waals surface area contributed by atoms with Gasteiger partial charge in [-0.25, -0.2) is 0 Å². The van der Waals surface area contributed by atoms with Crippen LogP contribution >= 0.6 is 0 Å². The van der Waals surface area contributed by atoms with E-state index in [1.54, 1.807) is 24.3 Å². The van der Waals surface area contributed by atoms with Crippen LogP contribution in [-0.2, 0) is 0 Å². The molecule has 0 aliphatic rings. The maximum absolute atomic E-state index is 12.5. The molecule has 0 aliphatic heterocycles. The molecule has 1 heterocycles. The Morgan fingerprint density at radius 3 is 2.50 bits per heavy atom. The zero-order valence-corrected chi connectivity index (χ0v) is 15.7. The van der Waals surface area contributed by atoms with Crippen molar-refractivity contribution in [2.45, 2.75) is 13.8 Å². The third-order valence-electron chi connectivity index (χ3n) is 4.82.